The molecule has 1 aliphatic carbocycles. The molecule has 1 aliphatic rings. The highest BCUT2D eigenvalue weighted by Gasteiger charge is 2.37. The molecule has 0 bridgehead atoms. The molecule has 2 unspecified atom stereocenters. The van der Waals surface area contributed by atoms with E-state index in [9.17, 15) is 58.2 Å². The Bertz CT molecular complexity index is 1750. The Hall–Kier alpha value is -6.07. The minimum absolute atomic E-state index is 0.00143. The van der Waals surface area contributed by atoms with Gasteiger partial charge in [0.15, 0.2) is 0 Å². The first-order chi connectivity index (χ1) is 30.2. The van der Waals surface area contributed by atoms with Gasteiger partial charge in [-0.15, -0.1) is 15.7 Å². The van der Waals surface area contributed by atoms with E-state index in [1.54, 1.807) is 27.7 Å². The molecule has 10 N–H and O–H groups in total. The largest absolute Gasteiger partial charge is 0.481 e. The number of amides is 5. The number of tetrazole rings is 1. The molecule has 1 aromatic rings. The number of H-pyrrole nitrogens is 1. The van der Waals surface area contributed by atoms with Crippen molar-refractivity contribution >= 4 is 59.2 Å². The number of hydrogen-bond acceptors (Lipinski definition) is 15. The van der Waals surface area contributed by atoms with Crippen LogP contribution in [0, 0.1) is 17.8 Å². The van der Waals surface area contributed by atoms with Crippen LogP contribution in [0.15, 0.2) is 0 Å². The molecule has 5 amide bonds. The van der Waals surface area contributed by atoms with Crippen molar-refractivity contribution in [2.75, 3.05) is 0 Å². The first kappa shape index (κ1) is 54.1. The van der Waals surface area contributed by atoms with Crippen LogP contribution in [0.5, 0.6) is 0 Å². The summed E-state index contributed by atoms with van der Waals surface area (Å²) in [4.78, 5) is 133. The number of aliphatic carboxylic acids is 3. The van der Waals surface area contributed by atoms with Gasteiger partial charge >= 0.3 is 23.9 Å². The third-order valence-electron chi connectivity index (χ3n) is 10.7. The number of nitrogens with zero attached hydrogens (tertiary/aromatic N) is 3. The van der Waals surface area contributed by atoms with Crippen molar-refractivity contribution in [1.82, 2.24) is 52.7 Å². The number of rotatable bonds is 30. The molecule has 0 radical (unpaired) electrons. The van der Waals surface area contributed by atoms with E-state index >= 15 is 0 Å². The van der Waals surface area contributed by atoms with Gasteiger partial charge in [0.1, 0.15) is 30.2 Å². The van der Waals surface area contributed by atoms with Gasteiger partial charge in [0.2, 0.25) is 41.1 Å². The van der Waals surface area contributed by atoms with Gasteiger partial charge in [0.05, 0.1) is 25.3 Å². The van der Waals surface area contributed by atoms with Crippen LogP contribution < -0.4 is 32.1 Å². The van der Waals surface area contributed by atoms with E-state index in [-0.39, 0.29) is 36.9 Å². The number of aromatic nitrogens is 4. The molecule has 1 heterocycles. The van der Waals surface area contributed by atoms with Crippen LogP contribution in [0.4, 0.5) is 0 Å². The van der Waals surface area contributed by atoms with E-state index in [0.717, 1.165) is 32.1 Å². The van der Waals surface area contributed by atoms with E-state index in [1.807, 2.05) is 12.4 Å². The normalized spacial score (nSPS) is 16.1. The average Bonchev–Trinajstić information content (AvgIpc) is 3.79. The van der Waals surface area contributed by atoms with E-state index in [0.29, 0.717) is 12.8 Å². The summed E-state index contributed by atoms with van der Waals surface area (Å²) in [7, 11) is 0. The molecule has 64 heavy (non-hydrogen) atoms. The second-order valence-corrected chi connectivity index (χ2v) is 16.4. The number of carboxylic acids is 3. The lowest BCUT2D eigenvalue weighted by Gasteiger charge is -2.31. The van der Waals surface area contributed by atoms with Gasteiger partial charge in [-0.1, -0.05) is 79.6 Å². The zero-order valence-corrected chi connectivity index (χ0v) is 37.0. The van der Waals surface area contributed by atoms with Crippen molar-refractivity contribution in [1.29, 1.82) is 0 Å². The smallest absolute Gasteiger partial charge is 0.325 e. The number of carbonyl (C=O) groups is 10. The van der Waals surface area contributed by atoms with Crippen molar-refractivity contribution in [2.24, 2.45) is 17.8 Å². The Morgan fingerprint density at radius 2 is 1.25 bits per heavy atom. The highest BCUT2D eigenvalue weighted by molar-refractivity contribution is 6.00. The molecule has 0 saturated heterocycles. The zero-order valence-electron chi connectivity index (χ0n) is 37.0. The monoisotopic (exact) mass is 908 g/mol. The number of nitrogens with one attached hydrogen (secondary N) is 7. The van der Waals surface area contributed by atoms with Crippen molar-refractivity contribution < 1.29 is 68.1 Å². The van der Waals surface area contributed by atoms with Gasteiger partial charge < -0.3 is 46.7 Å². The lowest BCUT2D eigenvalue weighted by atomic mass is 9.84. The maximum Gasteiger partial charge on any atom is 0.325 e. The molecule has 0 spiro atoms. The molecular formula is C40H64N10O14. The topological polar surface area (TPSA) is 367 Å². The predicted octanol–water partition coefficient (Wildman–Crippen LogP) is 0.290. The minimum Gasteiger partial charge on any atom is -0.481 e. The molecule has 24 heteroatoms. The Labute approximate surface area is 370 Å². The summed E-state index contributed by atoms with van der Waals surface area (Å²) in [5.41, 5.74) is 1.95. The zero-order chi connectivity index (χ0) is 47.9. The molecule has 358 valence electrons. The third-order valence-corrected chi connectivity index (χ3v) is 10.7. The summed E-state index contributed by atoms with van der Waals surface area (Å²) >= 11 is 0. The summed E-state index contributed by atoms with van der Waals surface area (Å²) in [6.45, 7) is 8.82. The molecule has 1 saturated carbocycles. The fourth-order valence-corrected chi connectivity index (χ4v) is 7.00. The maximum absolute atomic E-state index is 14.2. The van der Waals surface area contributed by atoms with Gasteiger partial charge in [-0.3, -0.25) is 47.9 Å². The van der Waals surface area contributed by atoms with Crippen molar-refractivity contribution in [3.05, 3.63) is 5.82 Å². The Morgan fingerprint density at radius 1 is 0.672 bits per heavy atom. The highest BCUT2D eigenvalue weighted by atomic mass is 16.7. The lowest BCUT2D eigenvalue weighted by Crippen LogP contribution is -2.61. The quantitative estimate of drug-likeness (QED) is 0.0366. The van der Waals surface area contributed by atoms with Crippen LogP contribution in [-0.4, -0.2) is 131 Å². The van der Waals surface area contributed by atoms with Crippen LogP contribution in [0.25, 0.3) is 0 Å². The molecule has 2 rings (SSSR count). The van der Waals surface area contributed by atoms with Crippen LogP contribution in [0.3, 0.4) is 0 Å². The minimum atomic E-state index is -1.82. The van der Waals surface area contributed by atoms with Crippen LogP contribution >= 0.6 is 0 Å². The SMILES string of the molecule is CCCC(NC(=O)[C@H](CC1CCCCC1)NC(=O)[C@@H](NC(=O)[C@H](CC(C)C)NC(=O)[C@@H](CCC(=O)O)NC(=O)[C@H](CC(=O)O)NOC(=O)CCC(=O)O)C(C)CC)C(=O)c1nn[nH]n1. The number of ketones is 1. The van der Waals surface area contributed by atoms with Gasteiger partial charge in [-0.25, -0.2) is 0 Å². The lowest BCUT2D eigenvalue weighted by molar-refractivity contribution is -0.159. The van der Waals surface area contributed by atoms with Gasteiger partial charge in [0, 0.05) is 6.42 Å². The van der Waals surface area contributed by atoms with E-state index in [2.05, 4.69) is 52.0 Å². The molecule has 7 atom stereocenters. The average molecular weight is 909 g/mol. The van der Waals surface area contributed by atoms with E-state index in [1.165, 1.54) is 0 Å². The van der Waals surface area contributed by atoms with E-state index < -0.39 is 133 Å². The first-order valence-corrected chi connectivity index (χ1v) is 21.7. The van der Waals surface area contributed by atoms with Crippen LogP contribution in [0.2, 0.25) is 0 Å². The summed E-state index contributed by atoms with van der Waals surface area (Å²) in [6.07, 6.45) is 2.62. The van der Waals surface area contributed by atoms with Crippen molar-refractivity contribution in [3.63, 3.8) is 0 Å². The Kier molecular flexibility index (Phi) is 23.5. The summed E-state index contributed by atoms with van der Waals surface area (Å²) in [5.74, 6) is -11.1. The fraction of sp³-hybridized carbons (Fsp3) is 0.725. The van der Waals surface area contributed by atoms with Crippen molar-refractivity contribution in [3.8, 4) is 0 Å². The number of carboxylic acid groups (broad SMARTS) is 3. The maximum atomic E-state index is 14.2. The number of aromatic amines is 1. The van der Waals surface area contributed by atoms with E-state index in [4.69, 9.17) is 5.11 Å². The molecule has 24 nitrogen and oxygen atoms in total. The second kappa shape index (κ2) is 27.9. The number of hydrogen-bond donors (Lipinski definition) is 10. The van der Waals surface area contributed by atoms with Gasteiger partial charge in [-0.05, 0) is 48.7 Å². The van der Waals surface area contributed by atoms with Crippen molar-refractivity contribution in [2.45, 2.75) is 167 Å². The highest BCUT2D eigenvalue weighted by Crippen LogP contribution is 2.28. The Balaban J connectivity index is 2.36. The number of carbonyl (C=O) groups excluding carboxylic acids is 7. The fourth-order valence-electron chi connectivity index (χ4n) is 7.00. The summed E-state index contributed by atoms with van der Waals surface area (Å²) < 4.78 is 0. The van der Waals surface area contributed by atoms with Crippen LogP contribution in [-0.2, 0) is 48.0 Å². The molecule has 1 fully saturated rings. The predicted molar refractivity (Wildman–Crippen MR) is 222 cm³/mol. The van der Waals surface area contributed by atoms with Crippen LogP contribution in [0.1, 0.15) is 142 Å². The molecule has 0 aromatic carbocycles. The molecular weight excluding hydrogens is 844 g/mol. The molecule has 1 aromatic heterocycles. The number of Topliss-reactive ketones (excluding diaryl/α,β-unsaturated/α-hetero) is 1. The Morgan fingerprint density at radius 3 is 1.81 bits per heavy atom. The van der Waals surface area contributed by atoms with Gasteiger partial charge in [0.25, 0.3) is 0 Å². The third kappa shape index (κ3) is 19.5. The summed E-state index contributed by atoms with van der Waals surface area (Å²) in [5, 5.41) is 53.8. The number of hydroxylamine groups is 1. The standard InChI is InChI=1S/C40H64N10O14/c1-6-11-24(34(58)35-46-49-50-47-35)41-37(60)27(19-23-12-9-8-10-13-23)44-40(63)33(22(5)7-2)45-38(61)26(18-21(3)4)43-36(59)25(14-15-29(51)52)42-39(62)28(20-31(55)56)48-64-32(57)17-16-30(53)54/h21-28,33,48H,6-20H2,1-5H3,(H,41,60)(H,42,62)(H,43,59)(H,44,63)(H,45,61)(H,51,52)(H,53,54)(H,55,56)(H,46,47,49,50)/t22?,24?,25-,26+,27+,28+,33+/m1/s1. The first-order valence-electron chi connectivity index (χ1n) is 21.7. The van der Waals surface area contributed by atoms with Gasteiger partial charge in [-0.2, -0.15) is 5.21 Å². The summed E-state index contributed by atoms with van der Waals surface area (Å²) in [6, 6.07) is -8.18. The second-order valence-electron chi connectivity index (χ2n) is 16.4. The molecule has 0 aliphatic heterocycles.